The van der Waals surface area contributed by atoms with E-state index in [9.17, 15) is 9.60 Å². The maximum absolute atomic E-state index is 12.0. The van der Waals surface area contributed by atoms with Crippen LogP contribution in [0.4, 0.5) is 0 Å². The summed E-state index contributed by atoms with van der Waals surface area (Å²) in [5.74, 6) is 0.238. The Morgan fingerprint density at radius 3 is 1.00 bits per heavy atom. The van der Waals surface area contributed by atoms with Crippen LogP contribution in [0.2, 0.25) is 0 Å². The first-order chi connectivity index (χ1) is 52.0. The van der Waals surface area contributed by atoms with Crippen LogP contribution in [0, 0.1) is 0 Å². The molecule has 3 aromatic heterocycles. The van der Waals surface area contributed by atoms with Gasteiger partial charge < -0.3 is 0 Å². The van der Waals surface area contributed by atoms with Crippen molar-refractivity contribution in [2.45, 2.75) is 0 Å². The Bertz CT molecular complexity index is 6030. The molecule has 7 heteroatoms. The van der Waals surface area contributed by atoms with Gasteiger partial charge in [0.25, 0.3) is 0 Å². The number of benzene rings is 14. The van der Waals surface area contributed by atoms with Gasteiger partial charge in [-0.3, -0.25) is 9.13 Å². The van der Waals surface area contributed by atoms with E-state index in [-0.39, 0.29) is 62.9 Å². The molecule has 0 spiro atoms. The lowest BCUT2D eigenvalue weighted by Gasteiger charge is -2.38. The van der Waals surface area contributed by atoms with Crippen LogP contribution in [-0.4, -0.2) is 40.2 Å². The van der Waals surface area contributed by atoms with Crippen molar-refractivity contribution in [2.75, 3.05) is 0 Å². The standard InChI is InChI=1S/C87H61N5Si2/c1-8-30-62(31-9-1)65-36-28-46-73(56-65)93(69-38-14-4-15-39-69,70-40-16-5-17-41-70)75-58-68(59-76(61-75)94(71-42-18-6-19-43-71,72-44-20-7-21-45-72)74-47-29-37-66(57-74)63-32-10-2-11-33-63)85-88-86(91-81-51-25-22-48-77(81)78-49-23-26-52-82(78)91)90-87(89-85)92-83-53-27-24-50-79(83)80-60-67(54-55-84(80)92)64-34-12-3-13-35-64/h1-61H/i1D,2D,8D,9D,10D,11D,30D,31D,32D,33D,58D,59D,61D. The van der Waals surface area contributed by atoms with Gasteiger partial charge in [-0.25, -0.2) is 0 Å². The summed E-state index contributed by atoms with van der Waals surface area (Å²) < 4.78 is 130. The van der Waals surface area contributed by atoms with E-state index >= 15 is 0 Å². The zero-order valence-electron chi connectivity index (χ0n) is 63.4. The summed E-state index contributed by atoms with van der Waals surface area (Å²) in [7, 11) is -9.03. The first kappa shape index (κ1) is 43.8. The SMILES string of the molecule is [2H]c1c([2H])c([2H])c(-c2cccc([Si](c3ccccc3)(c3ccccc3)c3c([2H])c(-c4nc(-n5c6ccccc6c6ccccc65)nc(-n5c6ccccc6c6cc(-c7ccccc7)ccc65)n4)c([2H])c([Si](c4ccccc4)(c4ccccc4)c4cccc(-c5c([2H])c([2H])c([2H])c([2H])c5[2H])c4)c3[2H])c2)c([2H])c1[2H]. The molecule has 0 aliphatic rings. The lowest BCUT2D eigenvalue weighted by molar-refractivity contribution is 0.893. The van der Waals surface area contributed by atoms with Gasteiger partial charge in [-0.2, -0.15) is 15.0 Å². The van der Waals surface area contributed by atoms with Crippen LogP contribution in [-0.2, 0) is 0 Å². The minimum Gasteiger partial charge on any atom is -0.278 e. The maximum atomic E-state index is 12.0. The third kappa shape index (κ3) is 9.47. The Morgan fingerprint density at radius 2 is 0.574 bits per heavy atom. The quantitative estimate of drug-likeness (QED) is 0.0805. The molecule has 0 fully saturated rings. The number of para-hydroxylation sites is 3. The molecule has 0 radical (unpaired) electrons. The van der Waals surface area contributed by atoms with E-state index in [2.05, 4.69) is 48.5 Å². The van der Waals surface area contributed by atoms with Gasteiger partial charge in [0, 0.05) is 27.1 Å². The number of fused-ring (bicyclic) bond motifs is 6. The lowest BCUT2D eigenvalue weighted by Crippen LogP contribution is -2.78. The van der Waals surface area contributed by atoms with Crippen molar-refractivity contribution in [1.82, 2.24) is 24.1 Å². The highest BCUT2D eigenvalue weighted by molar-refractivity contribution is 7.22. The molecule has 0 saturated heterocycles. The van der Waals surface area contributed by atoms with Gasteiger partial charge in [-0.15, -0.1) is 0 Å². The highest BCUT2D eigenvalue weighted by Gasteiger charge is 2.46. The monoisotopic (exact) mass is 1240 g/mol. The molecule has 0 amide bonds. The van der Waals surface area contributed by atoms with E-state index in [4.69, 9.17) is 23.2 Å². The average Bonchev–Trinajstić information content (AvgIpc) is 1.41. The Labute approximate surface area is 566 Å². The van der Waals surface area contributed by atoms with E-state index in [0.717, 1.165) is 54.7 Å². The summed E-state index contributed by atoms with van der Waals surface area (Å²) in [5.41, 5.74) is 5.50. The van der Waals surface area contributed by atoms with Crippen molar-refractivity contribution >= 4 is 101 Å². The summed E-state index contributed by atoms with van der Waals surface area (Å²) in [6.45, 7) is 0. The van der Waals surface area contributed by atoms with Gasteiger partial charge in [-0.1, -0.05) is 339 Å². The molecular weight excluding hydrogens is 1170 g/mol. The number of rotatable bonds is 14. The van der Waals surface area contributed by atoms with Gasteiger partial charge in [0.2, 0.25) is 11.9 Å². The van der Waals surface area contributed by atoms with Crippen molar-refractivity contribution in [3.63, 3.8) is 0 Å². The van der Waals surface area contributed by atoms with Crippen molar-refractivity contribution in [3.05, 3.63) is 370 Å². The predicted octanol–water partition coefficient (Wildman–Crippen LogP) is 15.5. The second kappa shape index (κ2) is 23.7. The van der Waals surface area contributed by atoms with Crippen molar-refractivity contribution in [1.29, 1.82) is 0 Å². The Kier molecular flexibility index (Phi) is 11.1. The predicted molar refractivity (Wildman–Crippen MR) is 397 cm³/mol. The minimum atomic E-state index is -4.51. The van der Waals surface area contributed by atoms with E-state index in [0.29, 0.717) is 42.2 Å². The van der Waals surface area contributed by atoms with Crippen LogP contribution in [0.5, 0.6) is 0 Å². The highest BCUT2D eigenvalue weighted by atomic mass is 28.3. The topological polar surface area (TPSA) is 48.5 Å². The summed E-state index contributed by atoms with van der Waals surface area (Å²) in [6, 6.07) is 88.3. The molecule has 442 valence electrons. The van der Waals surface area contributed by atoms with Gasteiger partial charge in [0.1, 0.15) is 0 Å². The van der Waals surface area contributed by atoms with Gasteiger partial charge in [0.15, 0.2) is 22.0 Å². The van der Waals surface area contributed by atoms with Crippen LogP contribution < -0.4 is 41.5 Å². The summed E-state index contributed by atoms with van der Waals surface area (Å²) in [6.07, 6.45) is 0. The molecule has 5 nitrogen and oxygen atoms in total. The molecule has 0 bridgehead atoms. The van der Waals surface area contributed by atoms with Crippen LogP contribution in [0.15, 0.2) is 370 Å². The average molecular weight is 1250 g/mol. The summed E-state index contributed by atoms with van der Waals surface area (Å²) in [5, 5.41) is 7.95. The molecule has 14 aromatic carbocycles. The highest BCUT2D eigenvalue weighted by Crippen LogP contribution is 2.37. The third-order valence-corrected chi connectivity index (χ3v) is 27.2. The van der Waals surface area contributed by atoms with Crippen LogP contribution in [0.25, 0.3) is 100 Å². The number of hydrogen-bond acceptors (Lipinski definition) is 3. The van der Waals surface area contributed by atoms with Gasteiger partial charge >= 0.3 is 0 Å². The van der Waals surface area contributed by atoms with Crippen LogP contribution in [0.3, 0.4) is 0 Å². The molecule has 3 heterocycles. The smallest absolute Gasteiger partial charge is 0.240 e. The second-order valence-electron chi connectivity index (χ2n) is 23.2. The number of hydrogen-bond donors (Lipinski definition) is 0. The number of nitrogens with zero attached hydrogens (tertiary/aromatic N) is 5. The molecule has 0 N–H and O–H groups in total. The normalized spacial score (nSPS) is 13.8. The van der Waals surface area contributed by atoms with Gasteiger partial charge in [0.05, 0.1) is 39.9 Å². The van der Waals surface area contributed by atoms with Crippen LogP contribution >= 0.6 is 0 Å². The zero-order valence-corrected chi connectivity index (χ0v) is 52.4. The summed E-state index contributed by atoms with van der Waals surface area (Å²) >= 11 is 0. The van der Waals surface area contributed by atoms with Crippen LogP contribution in [0.1, 0.15) is 17.8 Å². The minimum absolute atomic E-state index is 0.0443. The zero-order chi connectivity index (χ0) is 73.7. The fourth-order valence-corrected chi connectivity index (χ4v) is 23.3. The van der Waals surface area contributed by atoms with Crippen molar-refractivity contribution in [2.24, 2.45) is 0 Å². The largest absolute Gasteiger partial charge is 0.278 e. The Morgan fingerprint density at radius 1 is 0.234 bits per heavy atom. The Balaban J connectivity index is 1.10. The molecule has 0 atom stereocenters. The molecule has 0 aliphatic heterocycles. The van der Waals surface area contributed by atoms with Crippen molar-refractivity contribution in [3.8, 4) is 56.7 Å². The lowest BCUT2D eigenvalue weighted by atomic mass is 10.0. The van der Waals surface area contributed by atoms with E-state index in [1.165, 1.54) is 0 Å². The molecule has 17 aromatic rings. The molecule has 0 saturated carbocycles. The Hall–Kier alpha value is -11.9. The van der Waals surface area contributed by atoms with E-state index in [1.54, 1.807) is 24.3 Å². The second-order valence-corrected chi connectivity index (χ2v) is 30.7. The van der Waals surface area contributed by atoms with E-state index in [1.807, 2.05) is 228 Å². The molecule has 0 unspecified atom stereocenters. The fraction of sp³-hybridized carbons (Fsp3) is 0. The number of aromatic nitrogens is 5. The first-order valence-electron chi connectivity index (χ1n) is 37.6. The molecule has 0 aliphatic carbocycles. The fourth-order valence-electron chi connectivity index (χ4n) is 14.0. The van der Waals surface area contributed by atoms with Crippen molar-refractivity contribution < 1.29 is 17.8 Å². The molecule has 17 rings (SSSR count). The molecular formula is C87H61N5Si2. The van der Waals surface area contributed by atoms with E-state index < -0.39 is 76.6 Å². The maximum Gasteiger partial charge on any atom is 0.240 e. The summed E-state index contributed by atoms with van der Waals surface area (Å²) in [4.78, 5) is 17.0. The third-order valence-electron chi connectivity index (χ3n) is 18.1. The molecule has 94 heavy (non-hydrogen) atoms. The first-order valence-corrected chi connectivity index (χ1v) is 35.1. The van der Waals surface area contributed by atoms with Gasteiger partial charge in [-0.05, 0) is 105 Å².